The molecule has 1 aromatic carbocycles. The highest BCUT2D eigenvalue weighted by molar-refractivity contribution is 7.22. The second-order valence-corrected chi connectivity index (χ2v) is 9.80. The molecule has 2 atom stereocenters. The van der Waals surface area contributed by atoms with E-state index in [1.807, 2.05) is 12.3 Å². The molecule has 0 radical (unpaired) electrons. The van der Waals surface area contributed by atoms with Crippen molar-refractivity contribution in [2.24, 2.45) is 11.7 Å². The van der Waals surface area contributed by atoms with Gasteiger partial charge in [-0.2, -0.15) is 0 Å². The van der Waals surface area contributed by atoms with E-state index in [0.717, 1.165) is 36.8 Å². The van der Waals surface area contributed by atoms with Gasteiger partial charge in [0.25, 0.3) is 0 Å². The van der Waals surface area contributed by atoms with Crippen molar-refractivity contribution in [1.29, 1.82) is 0 Å². The van der Waals surface area contributed by atoms with E-state index in [4.69, 9.17) is 15.5 Å². The van der Waals surface area contributed by atoms with Gasteiger partial charge in [0.1, 0.15) is 5.01 Å². The molecule has 2 unspecified atom stereocenters. The third-order valence-corrected chi connectivity index (χ3v) is 7.91. The Morgan fingerprint density at radius 1 is 1.44 bits per heavy atom. The molecule has 170 valence electrons. The van der Waals surface area contributed by atoms with Crippen molar-refractivity contribution in [2.45, 2.75) is 19.4 Å². The van der Waals surface area contributed by atoms with E-state index >= 15 is 0 Å². The lowest BCUT2D eigenvalue weighted by molar-refractivity contribution is -0.123. The zero-order valence-electron chi connectivity index (χ0n) is 18.0. The fourth-order valence-corrected chi connectivity index (χ4v) is 6.51. The molecule has 32 heavy (non-hydrogen) atoms. The molecular formula is C22H26N4O4S2. The zero-order chi connectivity index (χ0) is 22.8. The van der Waals surface area contributed by atoms with Crippen LogP contribution in [0.2, 0.25) is 0 Å². The summed E-state index contributed by atoms with van der Waals surface area (Å²) in [5.41, 5.74) is 9.95. The number of nitrogens with two attached hydrogens (primary N) is 1. The van der Waals surface area contributed by atoms with Crippen molar-refractivity contribution in [3.8, 4) is 10.6 Å². The first-order chi connectivity index (χ1) is 15.4. The number of methoxy groups -OCH3 is 1. The zero-order valence-corrected chi connectivity index (χ0v) is 19.6. The van der Waals surface area contributed by atoms with E-state index < -0.39 is 24.0 Å². The van der Waals surface area contributed by atoms with Crippen LogP contribution in [0, 0.1) is 12.8 Å². The maximum absolute atomic E-state index is 12.4. The molecule has 0 bridgehead atoms. The summed E-state index contributed by atoms with van der Waals surface area (Å²) in [6, 6.07) is 5.59. The minimum atomic E-state index is -1.05. The van der Waals surface area contributed by atoms with Gasteiger partial charge in [0.15, 0.2) is 0 Å². The Labute approximate surface area is 194 Å². The minimum Gasteiger partial charge on any atom is -0.465 e. The number of ether oxygens (including phenoxy) is 1. The van der Waals surface area contributed by atoms with Gasteiger partial charge in [-0.15, -0.1) is 22.7 Å². The highest BCUT2D eigenvalue weighted by atomic mass is 32.1. The molecule has 8 nitrogen and oxygen atoms in total. The lowest BCUT2D eigenvalue weighted by Gasteiger charge is -2.37. The summed E-state index contributed by atoms with van der Waals surface area (Å²) in [7, 11) is 1.60. The normalized spacial score (nSPS) is 16.8. The standard InChI is InChI=1S/C22H26N4O4S2/c1-12-3-4-17-16(9-12)25-21(32-17)15-11-31-19-13(15)5-7-26(22(28)29)18(19)14(20(23)27)10-24-6-8-30-2/h3-4,9,11,14,18,24H,5-8,10H2,1-2H3,(H2,23,27)(H,28,29). The van der Waals surface area contributed by atoms with Crippen molar-refractivity contribution in [3.05, 3.63) is 39.6 Å². The van der Waals surface area contributed by atoms with Crippen LogP contribution in [-0.2, 0) is 16.0 Å². The molecule has 2 aromatic heterocycles. The Kier molecular flexibility index (Phi) is 6.75. The summed E-state index contributed by atoms with van der Waals surface area (Å²) in [4.78, 5) is 31.5. The highest BCUT2D eigenvalue weighted by Crippen LogP contribution is 2.45. The molecule has 3 heterocycles. The van der Waals surface area contributed by atoms with Crippen LogP contribution in [0.25, 0.3) is 20.8 Å². The predicted molar refractivity (Wildman–Crippen MR) is 126 cm³/mol. The number of aryl methyl sites for hydroxylation is 1. The van der Waals surface area contributed by atoms with Gasteiger partial charge in [0.05, 0.1) is 28.8 Å². The summed E-state index contributed by atoms with van der Waals surface area (Å²) in [6.07, 6.45) is -0.469. The number of thiazole rings is 1. The first-order valence-corrected chi connectivity index (χ1v) is 12.1. The maximum Gasteiger partial charge on any atom is 0.407 e. The van der Waals surface area contributed by atoms with Crippen molar-refractivity contribution >= 4 is 44.9 Å². The lowest BCUT2D eigenvalue weighted by Crippen LogP contribution is -2.48. The van der Waals surface area contributed by atoms with Crippen LogP contribution in [0.15, 0.2) is 23.6 Å². The molecule has 4 N–H and O–H groups in total. The Morgan fingerprint density at radius 3 is 2.97 bits per heavy atom. The van der Waals surface area contributed by atoms with Crippen LogP contribution in [0.4, 0.5) is 4.79 Å². The predicted octanol–water partition coefficient (Wildman–Crippen LogP) is 3.25. The second-order valence-electron chi connectivity index (χ2n) is 7.86. The van der Waals surface area contributed by atoms with Crippen LogP contribution >= 0.6 is 22.7 Å². The van der Waals surface area contributed by atoms with Crippen molar-refractivity contribution in [3.63, 3.8) is 0 Å². The number of nitrogens with one attached hydrogen (secondary N) is 1. The quantitative estimate of drug-likeness (QED) is 0.432. The SMILES string of the molecule is COCCNCC(C(N)=O)C1c2scc(-c3nc4cc(C)ccc4s3)c2CCN1C(=O)O. The molecule has 10 heteroatoms. The van der Waals surface area contributed by atoms with Gasteiger partial charge in [0, 0.05) is 42.6 Å². The Hall–Kier alpha value is -2.53. The van der Waals surface area contributed by atoms with Crippen molar-refractivity contribution in [2.75, 3.05) is 33.4 Å². The van der Waals surface area contributed by atoms with Crippen molar-refractivity contribution < 1.29 is 19.4 Å². The molecule has 2 amide bonds. The van der Waals surface area contributed by atoms with Gasteiger partial charge >= 0.3 is 6.09 Å². The number of amides is 2. The fourth-order valence-electron chi connectivity index (χ4n) is 4.16. The molecule has 0 saturated carbocycles. The number of thiophene rings is 1. The van der Waals surface area contributed by atoms with E-state index in [1.165, 1.54) is 16.2 Å². The Balaban J connectivity index is 1.72. The fraction of sp³-hybridized carbons (Fsp3) is 0.409. The first-order valence-electron chi connectivity index (χ1n) is 10.4. The van der Waals surface area contributed by atoms with Gasteiger partial charge in [-0.25, -0.2) is 9.78 Å². The summed E-state index contributed by atoms with van der Waals surface area (Å²) < 4.78 is 6.16. The summed E-state index contributed by atoms with van der Waals surface area (Å²) in [6.45, 7) is 3.67. The topological polar surface area (TPSA) is 118 Å². The first kappa shape index (κ1) is 22.7. The number of carboxylic acid groups (broad SMARTS) is 1. The number of carbonyl (C=O) groups excluding carboxylic acids is 1. The number of aromatic nitrogens is 1. The van der Waals surface area contributed by atoms with E-state index in [9.17, 15) is 14.7 Å². The third-order valence-electron chi connectivity index (χ3n) is 5.75. The molecular weight excluding hydrogens is 448 g/mol. The molecule has 1 aliphatic heterocycles. The van der Waals surface area contributed by atoms with Crippen LogP contribution in [-0.4, -0.2) is 60.3 Å². The van der Waals surface area contributed by atoms with Crippen LogP contribution in [0.5, 0.6) is 0 Å². The Bertz CT molecular complexity index is 1140. The molecule has 0 aliphatic carbocycles. The van der Waals surface area contributed by atoms with Gasteiger partial charge in [0.2, 0.25) is 5.91 Å². The van der Waals surface area contributed by atoms with E-state index in [-0.39, 0.29) is 6.54 Å². The van der Waals surface area contributed by atoms with E-state index in [2.05, 4.69) is 23.5 Å². The van der Waals surface area contributed by atoms with E-state index in [1.54, 1.807) is 18.4 Å². The Morgan fingerprint density at radius 2 is 2.25 bits per heavy atom. The number of rotatable bonds is 8. The highest BCUT2D eigenvalue weighted by Gasteiger charge is 2.41. The number of hydrogen-bond donors (Lipinski definition) is 3. The maximum atomic E-state index is 12.4. The number of fused-ring (bicyclic) bond motifs is 2. The number of benzene rings is 1. The molecule has 3 aromatic rings. The summed E-state index contributed by atoms with van der Waals surface area (Å²) in [5.74, 6) is -1.21. The number of nitrogens with zero attached hydrogens (tertiary/aromatic N) is 2. The van der Waals surface area contributed by atoms with Crippen LogP contribution < -0.4 is 11.1 Å². The molecule has 4 rings (SSSR count). The summed E-state index contributed by atoms with van der Waals surface area (Å²) in [5, 5.41) is 16.0. The molecule has 0 saturated heterocycles. The van der Waals surface area contributed by atoms with Crippen molar-refractivity contribution in [1.82, 2.24) is 15.2 Å². The van der Waals surface area contributed by atoms with Crippen LogP contribution in [0.1, 0.15) is 22.0 Å². The number of hydrogen-bond acceptors (Lipinski definition) is 7. The molecule has 0 spiro atoms. The van der Waals surface area contributed by atoms with Gasteiger partial charge in [-0.1, -0.05) is 6.07 Å². The lowest BCUT2D eigenvalue weighted by atomic mass is 9.88. The van der Waals surface area contributed by atoms with E-state index in [0.29, 0.717) is 26.1 Å². The molecule has 1 aliphatic rings. The average Bonchev–Trinajstić information content (AvgIpc) is 3.36. The van der Waals surface area contributed by atoms with Gasteiger partial charge in [-0.3, -0.25) is 9.69 Å². The third kappa shape index (κ3) is 4.36. The largest absolute Gasteiger partial charge is 0.465 e. The number of primary amides is 1. The minimum absolute atomic E-state index is 0.278. The summed E-state index contributed by atoms with van der Waals surface area (Å²) >= 11 is 3.11. The van der Waals surface area contributed by atoms with Gasteiger partial charge < -0.3 is 20.9 Å². The number of carbonyl (C=O) groups is 2. The monoisotopic (exact) mass is 474 g/mol. The smallest absolute Gasteiger partial charge is 0.407 e. The van der Waals surface area contributed by atoms with Crippen LogP contribution in [0.3, 0.4) is 0 Å². The van der Waals surface area contributed by atoms with Gasteiger partial charge in [-0.05, 0) is 36.6 Å². The second kappa shape index (κ2) is 9.53. The molecule has 0 fully saturated rings. The average molecular weight is 475 g/mol.